The number of hydrogen-bond acceptors (Lipinski definition) is 4. The van der Waals surface area contributed by atoms with Crippen molar-refractivity contribution in [2.75, 3.05) is 0 Å². The third kappa shape index (κ3) is 2.96. The third-order valence-electron chi connectivity index (χ3n) is 3.04. The van der Waals surface area contributed by atoms with Crippen LogP contribution in [0.4, 0.5) is 5.69 Å². The molecule has 6 heteroatoms. The Labute approximate surface area is 130 Å². The smallest absolute Gasteiger partial charge is 0.266 e. The van der Waals surface area contributed by atoms with E-state index in [1.54, 1.807) is 18.2 Å². The van der Waals surface area contributed by atoms with Crippen molar-refractivity contribution in [2.45, 2.75) is 0 Å². The molecule has 0 atom stereocenters. The van der Waals surface area contributed by atoms with Crippen LogP contribution in [0, 0.1) is 10.1 Å². The van der Waals surface area contributed by atoms with Crippen molar-refractivity contribution in [3.05, 3.63) is 80.7 Å². The van der Waals surface area contributed by atoms with E-state index in [1.165, 1.54) is 23.9 Å². The van der Waals surface area contributed by atoms with Crippen molar-refractivity contribution < 1.29 is 9.72 Å². The highest BCUT2D eigenvalue weighted by molar-refractivity contribution is 8.19. The summed E-state index contributed by atoms with van der Waals surface area (Å²) < 4.78 is 0. The fourth-order valence-corrected chi connectivity index (χ4v) is 2.88. The summed E-state index contributed by atoms with van der Waals surface area (Å²) in [7, 11) is 0. The molecule has 0 bridgehead atoms. The highest BCUT2D eigenvalue weighted by Gasteiger charge is 2.22. The number of nitro groups is 1. The van der Waals surface area contributed by atoms with Gasteiger partial charge in [0.05, 0.1) is 9.83 Å². The lowest BCUT2D eigenvalue weighted by molar-refractivity contribution is -0.384. The van der Waals surface area contributed by atoms with E-state index in [0.29, 0.717) is 9.95 Å². The first-order chi connectivity index (χ1) is 10.6. The van der Waals surface area contributed by atoms with Crippen molar-refractivity contribution >= 4 is 34.5 Å². The normalized spacial score (nSPS) is 15.9. The second kappa shape index (κ2) is 5.95. The van der Waals surface area contributed by atoms with Crippen LogP contribution in [0.3, 0.4) is 0 Å². The van der Waals surface area contributed by atoms with Crippen molar-refractivity contribution in [1.82, 2.24) is 0 Å². The minimum Gasteiger partial charge on any atom is -0.266 e. The number of amides is 1. The van der Waals surface area contributed by atoms with Crippen LogP contribution in [0.1, 0.15) is 11.1 Å². The van der Waals surface area contributed by atoms with Gasteiger partial charge >= 0.3 is 0 Å². The van der Waals surface area contributed by atoms with Gasteiger partial charge in [0.1, 0.15) is 5.04 Å². The molecule has 3 rings (SSSR count). The van der Waals surface area contributed by atoms with Crippen LogP contribution in [0.5, 0.6) is 0 Å². The first-order valence-electron chi connectivity index (χ1n) is 6.46. The number of carbonyl (C=O) groups is 1. The molecule has 1 aliphatic rings. The highest BCUT2D eigenvalue weighted by atomic mass is 32.2. The number of nitro benzene ring substituents is 1. The Morgan fingerprint density at radius 2 is 1.73 bits per heavy atom. The van der Waals surface area contributed by atoms with Crippen LogP contribution < -0.4 is 0 Å². The molecular formula is C16H10N2O3S. The molecule has 0 aliphatic carbocycles. The van der Waals surface area contributed by atoms with E-state index in [9.17, 15) is 14.9 Å². The minimum absolute atomic E-state index is 0.0220. The lowest BCUT2D eigenvalue weighted by Crippen LogP contribution is -1.89. The molecule has 1 amide bonds. The highest BCUT2D eigenvalue weighted by Crippen LogP contribution is 2.31. The summed E-state index contributed by atoms with van der Waals surface area (Å²) in [4.78, 5) is 26.7. The summed E-state index contributed by atoms with van der Waals surface area (Å²) in [6, 6.07) is 15.5. The Hall–Kier alpha value is -2.73. The Morgan fingerprint density at radius 3 is 2.36 bits per heavy atom. The maximum absolute atomic E-state index is 12.0. The van der Waals surface area contributed by atoms with Gasteiger partial charge in [-0.25, -0.2) is 4.99 Å². The van der Waals surface area contributed by atoms with Gasteiger partial charge in [-0.2, -0.15) is 0 Å². The van der Waals surface area contributed by atoms with E-state index in [2.05, 4.69) is 4.99 Å². The Morgan fingerprint density at radius 1 is 1.05 bits per heavy atom. The summed E-state index contributed by atoms with van der Waals surface area (Å²) >= 11 is 1.30. The topological polar surface area (TPSA) is 72.6 Å². The fraction of sp³-hybridized carbons (Fsp3) is 0. The lowest BCUT2D eigenvalue weighted by atomic mass is 10.2. The zero-order valence-electron chi connectivity index (χ0n) is 11.3. The van der Waals surface area contributed by atoms with E-state index in [-0.39, 0.29) is 11.6 Å². The van der Waals surface area contributed by atoms with Gasteiger partial charge in [0, 0.05) is 17.7 Å². The number of non-ortho nitro benzene ring substituents is 1. The zero-order chi connectivity index (χ0) is 15.5. The first kappa shape index (κ1) is 14.2. The average Bonchev–Trinajstić information content (AvgIpc) is 2.90. The predicted octanol–water partition coefficient (Wildman–Crippen LogP) is 3.66. The summed E-state index contributed by atoms with van der Waals surface area (Å²) in [5, 5.41) is 11.3. The molecule has 0 N–H and O–H groups in total. The van der Waals surface area contributed by atoms with Crippen LogP contribution in [0.2, 0.25) is 0 Å². The molecule has 0 radical (unpaired) electrons. The number of carbonyl (C=O) groups excluding carboxylic acids is 1. The van der Waals surface area contributed by atoms with Crippen molar-refractivity contribution in [3.63, 3.8) is 0 Å². The van der Waals surface area contributed by atoms with Gasteiger partial charge < -0.3 is 0 Å². The van der Waals surface area contributed by atoms with Crippen LogP contribution in [0.25, 0.3) is 6.08 Å². The quantitative estimate of drug-likeness (QED) is 0.493. The molecule has 1 aliphatic heterocycles. The van der Waals surface area contributed by atoms with Gasteiger partial charge in [-0.1, -0.05) is 42.1 Å². The molecule has 0 fully saturated rings. The number of thioether (sulfide) groups is 1. The molecule has 2 aromatic rings. The standard InChI is InChI=1S/C16H10N2O3S/c19-15-14(10-11-6-8-13(9-7-11)18(20)21)22-16(17-15)12-4-2-1-3-5-12/h1-10H/b14-10+. The zero-order valence-corrected chi connectivity index (χ0v) is 12.1. The van der Waals surface area contributed by atoms with Crippen LogP contribution in [-0.4, -0.2) is 15.9 Å². The van der Waals surface area contributed by atoms with Gasteiger partial charge in [0.15, 0.2) is 0 Å². The van der Waals surface area contributed by atoms with E-state index in [4.69, 9.17) is 0 Å². The second-order valence-corrected chi connectivity index (χ2v) is 5.58. The monoisotopic (exact) mass is 310 g/mol. The molecule has 0 spiro atoms. The summed E-state index contributed by atoms with van der Waals surface area (Å²) in [6.45, 7) is 0. The number of aliphatic imine (C=N–C) groups is 1. The largest absolute Gasteiger partial charge is 0.284 e. The lowest BCUT2D eigenvalue weighted by Gasteiger charge is -1.98. The fourth-order valence-electron chi connectivity index (χ4n) is 1.96. The first-order valence-corrected chi connectivity index (χ1v) is 7.27. The predicted molar refractivity (Wildman–Crippen MR) is 86.7 cm³/mol. The number of nitrogens with zero attached hydrogens (tertiary/aromatic N) is 2. The van der Waals surface area contributed by atoms with Crippen molar-refractivity contribution in [3.8, 4) is 0 Å². The summed E-state index contributed by atoms with van der Waals surface area (Å²) in [6.07, 6.45) is 1.69. The van der Waals surface area contributed by atoms with Gasteiger partial charge in [0.25, 0.3) is 11.6 Å². The van der Waals surface area contributed by atoms with Crippen LogP contribution in [0.15, 0.2) is 64.5 Å². The number of hydrogen-bond donors (Lipinski definition) is 0. The van der Waals surface area contributed by atoms with E-state index < -0.39 is 4.92 Å². The summed E-state index contributed by atoms with van der Waals surface area (Å²) in [5.41, 5.74) is 1.65. The number of benzene rings is 2. The maximum Gasteiger partial charge on any atom is 0.284 e. The Kier molecular flexibility index (Phi) is 3.84. The minimum atomic E-state index is -0.455. The molecular weight excluding hydrogens is 300 g/mol. The number of rotatable bonds is 3. The molecule has 5 nitrogen and oxygen atoms in total. The average molecular weight is 310 g/mol. The van der Waals surface area contributed by atoms with Crippen molar-refractivity contribution in [2.24, 2.45) is 4.99 Å². The third-order valence-corrected chi connectivity index (χ3v) is 4.08. The van der Waals surface area contributed by atoms with E-state index >= 15 is 0 Å². The molecule has 0 aromatic heterocycles. The SMILES string of the molecule is O=C1N=C(c2ccccc2)S/C1=C/c1ccc([N+](=O)[O-])cc1. The van der Waals surface area contributed by atoms with Gasteiger partial charge in [-0.15, -0.1) is 0 Å². The molecule has 0 saturated carbocycles. The van der Waals surface area contributed by atoms with Gasteiger partial charge in [-0.3, -0.25) is 14.9 Å². The Balaban J connectivity index is 1.82. The van der Waals surface area contributed by atoms with Crippen LogP contribution >= 0.6 is 11.8 Å². The molecule has 108 valence electrons. The van der Waals surface area contributed by atoms with E-state index in [1.807, 2.05) is 30.3 Å². The van der Waals surface area contributed by atoms with Crippen molar-refractivity contribution in [1.29, 1.82) is 0 Å². The van der Waals surface area contributed by atoms with Gasteiger partial charge in [-0.05, 0) is 23.8 Å². The molecule has 0 unspecified atom stereocenters. The molecule has 1 heterocycles. The molecule has 2 aromatic carbocycles. The molecule has 22 heavy (non-hydrogen) atoms. The van der Waals surface area contributed by atoms with Gasteiger partial charge in [0.2, 0.25) is 0 Å². The maximum atomic E-state index is 12.0. The second-order valence-electron chi connectivity index (χ2n) is 4.55. The van der Waals surface area contributed by atoms with E-state index in [0.717, 1.165) is 11.1 Å². The van der Waals surface area contributed by atoms with Crippen LogP contribution in [-0.2, 0) is 4.79 Å². The summed E-state index contributed by atoms with van der Waals surface area (Å²) in [5.74, 6) is -0.290. The molecule has 0 saturated heterocycles. The Bertz CT molecular complexity index is 796.